The van der Waals surface area contributed by atoms with Crippen molar-refractivity contribution >= 4 is 8.07 Å². The molecule has 0 atom stereocenters. The van der Waals surface area contributed by atoms with Crippen LogP contribution in [0, 0.1) is 0 Å². The van der Waals surface area contributed by atoms with Gasteiger partial charge in [-0.25, -0.2) is 0 Å². The number of hydrogen-bond acceptors (Lipinski definition) is 2. The summed E-state index contributed by atoms with van der Waals surface area (Å²) in [5.74, 6) is 1.61. The topological polar surface area (TPSA) is 18.5 Å². The first-order valence-electron chi connectivity index (χ1n) is 6.70. The fourth-order valence-corrected chi connectivity index (χ4v) is 5.49. The lowest BCUT2D eigenvalue weighted by molar-refractivity contribution is -0.894. The Morgan fingerprint density at radius 3 is 2.00 bits per heavy atom. The number of nitrogens with zero attached hydrogens (tertiary/aromatic N) is 1. The molecule has 0 N–H and O–H groups in total. The summed E-state index contributed by atoms with van der Waals surface area (Å²) < 4.78 is 11.7. The molecular weight excluding hydrogens is 381 g/mol. The van der Waals surface area contributed by atoms with Crippen molar-refractivity contribution in [3.63, 3.8) is 0 Å². The van der Waals surface area contributed by atoms with E-state index in [2.05, 4.69) is 45.9 Å². The van der Waals surface area contributed by atoms with E-state index in [0.29, 0.717) is 0 Å². The van der Waals surface area contributed by atoms with Crippen LogP contribution in [0.3, 0.4) is 0 Å². The molecule has 1 aromatic rings. The standard InChI is InChI=1S/C15H28NO2Si.HI/c1-16(2,12-19(5,6)7)11-13-8-9-14(17-3)15(10-13)18-4;/h8-10H,11-12H2,1-7H3;1H/q+1;/p-1. The Kier molecular flexibility index (Phi) is 7.55. The summed E-state index contributed by atoms with van der Waals surface area (Å²) in [4.78, 5) is 0. The van der Waals surface area contributed by atoms with Gasteiger partial charge in [0.05, 0.1) is 34.5 Å². The summed E-state index contributed by atoms with van der Waals surface area (Å²) in [7, 11) is 6.88. The van der Waals surface area contributed by atoms with E-state index in [1.54, 1.807) is 14.2 Å². The molecule has 0 aliphatic carbocycles. The Morgan fingerprint density at radius 2 is 1.55 bits per heavy atom. The van der Waals surface area contributed by atoms with Gasteiger partial charge in [0.1, 0.15) is 14.6 Å². The number of ether oxygens (including phenoxy) is 2. The third kappa shape index (κ3) is 6.45. The zero-order valence-corrected chi connectivity index (χ0v) is 16.9. The van der Waals surface area contributed by atoms with Crippen LogP contribution in [0.4, 0.5) is 0 Å². The highest BCUT2D eigenvalue weighted by atomic mass is 127. The number of methoxy groups -OCH3 is 2. The van der Waals surface area contributed by atoms with Crippen molar-refractivity contribution in [3.8, 4) is 11.5 Å². The predicted octanol–water partition coefficient (Wildman–Crippen LogP) is 0.162. The zero-order valence-electron chi connectivity index (χ0n) is 13.8. The van der Waals surface area contributed by atoms with Gasteiger partial charge in [-0.3, -0.25) is 0 Å². The molecular formula is C15H28INO2Si. The van der Waals surface area contributed by atoms with Crippen LogP contribution in [0.1, 0.15) is 5.56 Å². The first-order valence-corrected chi connectivity index (χ1v) is 10.4. The molecule has 0 aliphatic rings. The van der Waals surface area contributed by atoms with Crippen molar-refractivity contribution in [2.75, 3.05) is 34.5 Å². The van der Waals surface area contributed by atoms with E-state index >= 15 is 0 Å². The van der Waals surface area contributed by atoms with Gasteiger partial charge in [0.2, 0.25) is 0 Å². The Labute approximate surface area is 141 Å². The molecule has 0 aromatic heterocycles. The van der Waals surface area contributed by atoms with E-state index in [-0.39, 0.29) is 24.0 Å². The summed E-state index contributed by atoms with van der Waals surface area (Å²) >= 11 is 0. The monoisotopic (exact) mass is 409 g/mol. The number of halogens is 1. The molecule has 0 radical (unpaired) electrons. The summed E-state index contributed by atoms with van der Waals surface area (Å²) in [6, 6.07) is 6.21. The molecule has 5 heteroatoms. The van der Waals surface area contributed by atoms with Crippen LogP contribution in [-0.2, 0) is 6.54 Å². The Bertz CT molecular complexity index is 430. The maximum absolute atomic E-state index is 5.37. The van der Waals surface area contributed by atoms with E-state index in [9.17, 15) is 0 Å². The Balaban J connectivity index is 0.00000361. The molecule has 0 amide bonds. The smallest absolute Gasteiger partial charge is 0.161 e. The van der Waals surface area contributed by atoms with Crippen LogP contribution < -0.4 is 33.5 Å². The lowest BCUT2D eigenvalue weighted by Gasteiger charge is -2.35. The van der Waals surface area contributed by atoms with Gasteiger partial charge in [-0.2, -0.15) is 0 Å². The minimum Gasteiger partial charge on any atom is -1.00 e. The second-order valence-corrected chi connectivity index (χ2v) is 12.4. The molecule has 0 saturated carbocycles. The molecule has 0 spiro atoms. The fraction of sp³-hybridized carbons (Fsp3) is 0.600. The van der Waals surface area contributed by atoms with Gasteiger partial charge >= 0.3 is 0 Å². The maximum Gasteiger partial charge on any atom is 0.161 e. The third-order valence-corrected chi connectivity index (χ3v) is 4.77. The number of benzene rings is 1. The largest absolute Gasteiger partial charge is 1.00 e. The van der Waals surface area contributed by atoms with Crippen molar-refractivity contribution in [2.45, 2.75) is 26.2 Å². The lowest BCUT2D eigenvalue weighted by Crippen LogP contribution is -3.00. The molecule has 0 bridgehead atoms. The highest BCUT2D eigenvalue weighted by Crippen LogP contribution is 2.28. The van der Waals surface area contributed by atoms with Crippen LogP contribution >= 0.6 is 0 Å². The van der Waals surface area contributed by atoms with Gasteiger partial charge < -0.3 is 37.9 Å². The molecule has 1 rings (SSSR count). The van der Waals surface area contributed by atoms with Gasteiger partial charge in [-0.15, -0.1) is 0 Å². The van der Waals surface area contributed by atoms with Gasteiger partial charge in [-0.05, 0) is 18.2 Å². The highest BCUT2D eigenvalue weighted by Gasteiger charge is 2.26. The van der Waals surface area contributed by atoms with Gasteiger partial charge in [0, 0.05) is 5.56 Å². The normalized spacial score (nSPS) is 11.8. The van der Waals surface area contributed by atoms with Crippen LogP contribution in [-0.4, -0.2) is 47.0 Å². The number of rotatable bonds is 6. The summed E-state index contributed by atoms with van der Waals surface area (Å²) in [6.45, 7) is 8.27. The minimum absolute atomic E-state index is 0. The second-order valence-electron chi connectivity index (χ2n) is 7.00. The van der Waals surface area contributed by atoms with E-state index in [1.165, 1.54) is 11.7 Å². The lowest BCUT2D eigenvalue weighted by atomic mass is 10.2. The van der Waals surface area contributed by atoms with E-state index in [0.717, 1.165) is 22.5 Å². The minimum atomic E-state index is -1.07. The SMILES string of the molecule is COc1ccc(C[N+](C)(C)C[Si](C)(C)C)cc1OC.[I-]. The number of quaternary nitrogens is 1. The average Bonchev–Trinajstić information content (AvgIpc) is 2.24. The average molecular weight is 409 g/mol. The number of hydrogen-bond donors (Lipinski definition) is 0. The maximum atomic E-state index is 5.37. The van der Waals surface area contributed by atoms with Crippen molar-refractivity contribution in [1.29, 1.82) is 0 Å². The van der Waals surface area contributed by atoms with Crippen LogP contribution in [0.2, 0.25) is 19.6 Å². The molecule has 1 aromatic carbocycles. The van der Waals surface area contributed by atoms with Crippen molar-refractivity contribution in [1.82, 2.24) is 0 Å². The third-order valence-electron chi connectivity index (χ3n) is 2.96. The van der Waals surface area contributed by atoms with E-state index in [4.69, 9.17) is 9.47 Å². The first-order chi connectivity index (χ1) is 8.67. The van der Waals surface area contributed by atoms with E-state index < -0.39 is 8.07 Å². The van der Waals surface area contributed by atoms with Crippen molar-refractivity contribution < 1.29 is 37.9 Å². The quantitative estimate of drug-likeness (QED) is 0.379. The second kappa shape index (κ2) is 7.65. The van der Waals surface area contributed by atoms with Crippen LogP contribution in [0.15, 0.2) is 18.2 Å². The van der Waals surface area contributed by atoms with E-state index in [1.807, 2.05) is 6.07 Å². The van der Waals surface area contributed by atoms with Crippen LogP contribution in [0.5, 0.6) is 11.5 Å². The molecule has 0 heterocycles. The first kappa shape index (κ1) is 19.7. The molecule has 0 unspecified atom stereocenters. The fourth-order valence-electron chi connectivity index (χ4n) is 2.81. The van der Waals surface area contributed by atoms with Gasteiger partial charge in [-0.1, -0.05) is 19.6 Å². The molecule has 0 aliphatic heterocycles. The molecule has 0 fully saturated rings. The molecule has 0 saturated heterocycles. The van der Waals surface area contributed by atoms with Crippen molar-refractivity contribution in [3.05, 3.63) is 23.8 Å². The summed E-state index contributed by atoms with van der Waals surface area (Å²) in [5.41, 5.74) is 1.29. The Morgan fingerprint density at radius 1 is 1.00 bits per heavy atom. The molecule has 20 heavy (non-hydrogen) atoms. The summed E-state index contributed by atoms with van der Waals surface area (Å²) in [6.07, 6.45) is 1.27. The van der Waals surface area contributed by atoms with Crippen LogP contribution in [0.25, 0.3) is 0 Å². The van der Waals surface area contributed by atoms with Crippen molar-refractivity contribution in [2.24, 2.45) is 0 Å². The zero-order chi connectivity index (χ0) is 14.7. The highest BCUT2D eigenvalue weighted by molar-refractivity contribution is 6.75. The van der Waals surface area contributed by atoms with Gasteiger partial charge in [0.25, 0.3) is 0 Å². The summed E-state index contributed by atoms with van der Waals surface area (Å²) in [5, 5.41) is 0. The molecule has 3 nitrogen and oxygen atoms in total. The predicted molar refractivity (Wildman–Crippen MR) is 83.6 cm³/mol. The Hall–Kier alpha value is -0.273. The molecule has 116 valence electrons. The van der Waals surface area contributed by atoms with Gasteiger partial charge in [0.15, 0.2) is 11.5 Å².